The fourth-order valence-electron chi connectivity index (χ4n) is 4.20. The fraction of sp³-hybridized carbons (Fsp3) is 0.348. The summed E-state index contributed by atoms with van der Waals surface area (Å²) in [5.41, 5.74) is 2.12. The number of hydrogen-bond donors (Lipinski definition) is 0. The van der Waals surface area contributed by atoms with Gasteiger partial charge in [0.2, 0.25) is 5.82 Å². The van der Waals surface area contributed by atoms with Gasteiger partial charge in [-0.2, -0.15) is 4.98 Å². The van der Waals surface area contributed by atoms with Gasteiger partial charge in [-0.3, -0.25) is 9.69 Å². The Morgan fingerprint density at radius 2 is 2.03 bits per heavy atom. The summed E-state index contributed by atoms with van der Waals surface area (Å²) in [5, 5.41) is 4.15. The SMILES string of the molecule is CN(C(=O)c1cccc(-c2nc(C3CN4CCCC4CO3)no2)c1)c1ccccc1. The average molecular weight is 404 g/mol. The normalized spacial score (nSPS) is 21.4. The average Bonchev–Trinajstić information content (AvgIpc) is 3.48. The van der Waals surface area contributed by atoms with Gasteiger partial charge in [0.1, 0.15) is 6.10 Å². The third-order valence-corrected chi connectivity index (χ3v) is 5.92. The van der Waals surface area contributed by atoms with Crippen molar-refractivity contribution in [1.82, 2.24) is 15.0 Å². The van der Waals surface area contributed by atoms with Crippen LogP contribution in [0.15, 0.2) is 59.1 Å². The second-order valence-corrected chi connectivity index (χ2v) is 7.85. The molecule has 1 aromatic heterocycles. The van der Waals surface area contributed by atoms with Crippen molar-refractivity contribution in [1.29, 1.82) is 0 Å². The van der Waals surface area contributed by atoms with E-state index in [0.29, 0.717) is 29.9 Å². The summed E-state index contributed by atoms with van der Waals surface area (Å²) in [6, 6.07) is 17.4. The summed E-state index contributed by atoms with van der Waals surface area (Å²) in [7, 11) is 1.77. The van der Waals surface area contributed by atoms with E-state index in [1.54, 1.807) is 24.1 Å². The molecule has 2 aromatic carbocycles. The molecule has 0 aliphatic carbocycles. The number of rotatable bonds is 4. The van der Waals surface area contributed by atoms with Crippen molar-refractivity contribution in [3.63, 3.8) is 0 Å². The molecule has 0 N–H and O–H groups in total. The van der Waals surface area contributed by atoms with Crippen LogP contribution in [0.3, 0.4) is 0 Å². The molecule has 0 spiro atoms. The predicted octanol–water partition coefficient (Wildman–Crippen LogP) is 3.55. The van der Waals surface area contributed by atoms with E-state index < -0.39 is 0 Å². The van der Waals surface area contributed by atoms with E-state index in [9.17, 15) is 4.79 Å². The summed E-state index contributed by atoms with van der Waals surface area (Å²) in [6.07, 6.45) is 2.24. The Morgan fingerprint density at radius 1 is 1.17 bits per heavy atom. The summed E-state index contributed by atoms with van der Waals surface area (Å²) in [6.45, 7) is 2.61. The second-order valence-electron chi connectivity index (χ2n) is 7.85. The Balaban J connectivity index is 1.34. The van der Waals surface area contributed by atoms with Crippen LogP contribution < -0.4 is 4.90 Å². The van der Waals surface area contributed by atoms with Gasteiger partial charge in [0.25, 0.3) is 11.8 Å². The Hall–Kier alpha value is -3.03. The molecule has 7 nitrogen and oxygen atoms in total. The van der Waals surface area contributed by atoms with Crippen LogP contribution in [0.25, 0.3) is 11.5 Å². The standard InChI is InChI=1S/C23H24N4O3/c1-26(18-9-3-2-4-10-18)23(28)17-8-5-7-16(13-17)22-24-21(25-30-22)20-14-27-12-6-11-19(27)15-29-20/h2-5,7-10,13,19-20H,6,11-12,14-15H2,1H3. The van der Waals surface area contributed by atoms with Crippen LogP contribution >= 0.6 is 0 Å². The number of morpholine rings is 1. The first-order valence-electron chi connectivity index (χ1n) is 10.3. The lowest BCUT2D eigenvalue weighted by atomic mass is 10.1. The van der Waals surface area contributed by atoms with Gasteiger partial charge < -0.3 is 14.2 Å². The number of aromatic nitrogens is 2. The molecule has 0 radical (unpaired) electrons. The lowest BCUT2D eigenvalue weighted by Gasteiger charge is -2.33. The van der Waals surface area contributed by atoms with Gasteiger partial charge in [0.05, 0.1) is 6.61 Å². The molecule has 2 aliphatic rings. The first-order chi connectivity index (χ1) is 14.7. The molecule has 2 saturated heterocycles. The number of anilines is 1. The van der Waals surface area contributed by atoms with Gasteiger partial charge in [-0.05, 0) is 49.7 Å². The predicted molar refractivity (Wildman–Crippen MR) is 112 cm³/mol. The van der Waals surface area contributed by atoms with E-state index >= 15 is 0 Å². The molecule has 154 valence electrons. The number of para-hydroxylation sites is 1. The minimum atomic E-state index is -0.175. The first-order valence-corrected chi connectivity index (χ1v) is 10.3. The summed E-state index contributed by atoms with van der Waals surface area (Å²) in [4.78, 5) is 21.6. The molecule has 3 aromatic rings. The van der Waals surface area contributed by atoms with Crippen molar-refractivity contribution in [2.45, 2.75) is 25.0 Å². The van der Waals surface area contributed by atoms with E-state index in [4.69, 9.17) is 9.26 Å². The highest BCUT2D eigenvalue weighted by atomic mass is 16.5. The maximum absolute atomic E-state index is 12.9. The van der Waals surface area contributed by atoms with Crippen molar-refractivity contribution in [3.8, 4) is 11.5 Å². The van der Waals surface area contributed by atoms with Gasteiger partial charge in [0.15, 0.2) is 0 Å². The number of hydrogen-bond acceptors (Lipinski definition) is 6. The van der Waals surface area contributed by atoms with Crippen LogP contribution in [-0.4, -0.2) is 53.7 Å². The molecule has 2 atom stereocenters. The molecule has 3 heterocycles. The van der Waals surface area contributed by atoms with E-state index in [0.717, 1.165) is 24.3 Å². The highest BCUT2D eigenvalue weighted by molar-refractivity contribution is 6.06. The van der Waals surface area contributed by atoms with Crippen LogP contribution in [0.5, 0.6) is 0 Å². The number of ether oxygens (including phenoxy) is 1. The van der Waals surface area contributed by atoms with Gasteiger partial charge in [-0.15, -0.1) is 0 Å². The smallest absolute Gasteiger partial charge is 0.258 e. The largest absolute Gasteiger partial charge is 0.367 e. The lowest BCUT2D eigenvalue weighted by molar-refractivity contribution is -0.0548. The molecular weight excluding hydrogens is 380 g/mol. The number of amides is 1. The van der Waals surface area contributed by atoms with Crippen molar-refractivity contribution < 1.29 is 14.1 Å². The minimum absolute atomic E-state index is 0.0986. The monoisotopic (exact) mass is 404 g/mol. The maximum Gasteiger partial charge on any atom is 0.258 e. The van der Waals surface area contributed by atoms with E-state index in [-0.39, 0.29) is 12.0 Å². The Kier molecular flexibility index (Phi) is 5.06. The van der Waals surface area contributed by atoms with Crippen LogP contribution in [0, 0.1) is 0 Å². The minimum Gasteiger partial charge on any atom is -0.367 e. The molecule has 5 rings (SSSR count). The van der Waals surface area contributed by atoms with Crippen LogP contribution in [0.4, 0.5) is 5.69 Å². The number of nitrogens with zero attached hydrogens (tertiary/aromatic N) is 4. The zero-order chi connectivity index (χ0) is 20.5. The molecule has 2 aliphatic heterocycles. The number of carbonyl (C=O) groups is 1. The zero-order valence-electron chi connectivity index (χ0n) is 16.9. The van der Waals surface area contributed by atoms with E-state index in [1.165, 1.54) is 12.8 Å². The number of fused-ring (bicyclic) bond motifs is 1. The number of benzene rings is 2. The Labute approximate surface area is 175 Å². The highest BCUT2D eigenvalue weighted by Gasteiger charge is 2.35. The fourth-order valence-corrected chi connectivity index (χ4v) is 4.20. The first kappa shape index (κ1) is 19.0. The molecule has 2 fully saturated rings. The van der Waals surface area contributed by atoms with Crippen molar-refractivity contribution in [2.24, 2.45) is 0 Å². The van der Waals surface area contributed by atoms with Gasteiger partial charge in [-0.1, -0.05) is 29.4 Å². The number of carbonyl (C=O) groups excluding carboxylic acids is 1. The van der Waals surface area contributed by atoms with Crippen molar-refractivity contribution >= 4 is 11.6 Å². The molecule has 30 heavy (non-hydrogen) atoms. The molecule has 1 amide bonds. The van der Waals surface area contributed by atoms with Gasteiger partial charge in [-0.25, -0.2) is 0 Å². The zero-order valence-corrected chi connectivity index (χ0v) is 16.9. The lowest BCUT2D eigenvalue weighted by Crippen LogP contribution is -2.42. The molecule has 0 saturated carbocycles. The van der Waals surface area contributed by atoms with Gasteiger partial charge in [0, 0.05) is 36.4 Å². The van der Waals surface area contributed by atoms with Crippen LogP contribution in [-0.2, 0) is 4.74 Å². The van der Waals surface area contributed by atoms with Crippen LogP contribution in [0.2, 0.25) is 0 Å². The van der Waals surface area contributed by atoms with Gasteiger partial charge >= 0.3 is 0 Å². The molecular formula is C23H24N4O3. The quantitative estimate of drug-likeness (QED) is 0.662. The van der Waals surface area contributed by atoms with Crippen LogP contribution in [0.1, 0.15) is 35.1 Å². The molecule has 2 unspecified atom stereocenters. The van der Waals surface area contributed by atoms with E-state index in [2.05, 4.69) is 15.0 Å². The van der Waals surface area contributed by atoms with Crippen molar-refractivity contribution in [3.05, 3.63) is 66.0 Å². The van der Waals surface area contributed by atoms with E-state index in [1.807, 2.05) is 42.5 Å². The summed E-state index contributed by atoms with van der Waals surface area (Å²) in [5.74, 6) is 0.862. The summed E-state index contributed by atoms with van der Waals surface area (Å²) >= 11 is 0. The molecule has 7 heteroatoms. The topological polar surface area (TPSA) is 71.7 Å². The second kappa shape index (κ2) is 8.01. The summed E-state index contributed by atoms with van der Waals surface area (Å²) < 4.78 is 11.5. The third-order valence-electron chi connectivity index (χ3n) is 5.92. The molecule has 0 bridgehead atoms. The highest BCUT2D eigenvalue weighted by Crippen LogP contribution is 2.30. The van der Waals surface area contributed by atoms with Crippen molar-refractivity contribution in [2.75, 3.05) is 31.6 Å². The maximum atomic E-state index is 12.9. The Bertz CT molecular complexity index is 1040. The Morgan fingerprint density at radius 3 is 2.90 bits per heavy atom. The third kappa shape index (κ3) is 3.62.